The predicted molar refractivity (Wildman–Crippen MR) is 85.8 cm³/mol. The second-order valence-corrected chi connectivity index (χ2v) is 6.41. The molecule has 22 heavy (non-hydrogen) atoms. The van der Waals surface area contributed by atoms with Crippen LogP contribution in [0.15, 0.2) is 35.5 Å². The minimum Gasteiger partial charge on any atom is -0.462 e. The highest BCUT2D eigenvalue weighted by atomic mass is 35.5. The van der Waals surface area contributed by atoms with Crippen molar-refractivity contribution in [2.75, 3.05) is 26.8 Å². The van der Waals surface area contributed by atoms with Crippen LogP contribution in [0.3, 0.4) is 0 Å². The molecule has 120 valence electrons. The molecule has 0 bridgehead atoms. The molecule has 2 aliphatic heterocycles. The van der Waals surface area contributed by atoms with Crippen LogP contribution < -0.4 is 0 Å². The van der Waals surface area contributed by atoms with Gasteiger partial charge in [-0.2, -0.15) is 0 Å². The van der Waals surface area contributed by atoms with Crippen molar-refractivity contribution in [2.45, 2.75) is 30.9 Å². The zero-order valence-corrected chi connectivity index (χ0v) is 13.8. The Kier molecular flexibility index (Phi) is 4.71. The Morgan fingerprint density at radius 2 is 2.27 bits per heavy atom. The van der Waals surface area contributed by atoms with Gasteiger partial charge in [-0.1, -0.05) is 18.2 Å². The highest BCUT2D eigenvalue weighted by molar-refractivity contribution is 6.24. The molecular weight excluding hydrogens is 302 g/mol. The maximum atomic E-state index is 12.1. The molecular formula is C17H22ClNO3. The Morgan fingerprint density at radius 3 is 3.00 bits per heavy atom. The predicted octanol–water partition coefficient (Wildman–Crippen LogP) is 2.30. The van der Waals surface area contributed by atoms with E-state index in [1.807, 2.05) is 25.2 Å². The molecule has 4 atom stereocenters. The number of alkyl halides is 1. The Labute approximate surface area is 136 Å². The molecule has 0 radical (unpaired) electrons. The van der Waals surface area contributed by atoms with Gasteiger partial charge in [0.2, 0.25) is 0 Å². The normalized spacial score (nSPS) is 34.3. The summed E-state index contributed by atoms with van der Waals surface area (Å²) in [5, 5.41) is -0.218. The molecule has 4 unspecified atom stereocenters. The summed E-state index contributed by atoms with van der Waals surface area (Å²) in [5.41, 5.74) is 1.74. The molecule has 0 N–H and O–H groups in total. The van der Waals surface area contributed by atoms with E-state index in [9.17, 15) is 4.79 Å². The second kappa shape index (κ2) is 6.57. The highest BCUT2D eigenvalue weighted by Gasteiger charge is 2.41. The van der Waals surface area contributed by atoms with Crippen LogP contribution in [-0.4, -0.2) is 55.2 Å². The Bertz CT molecular complexity index is 540. The van der Waals surface area contributed by atoms with E-state index in [4.69, 9.17) is 21.1 Å². The average molecular weight is 324 g/mol. The zero-order valence-electron chi connectivity index (χ0n) is 13.0. The van der Waals surface area contributed by atoms with Crippen molar-refractivity contribution in [2.24, 2.45) is 5.92 Å². The summed E-state index contributed by atoms with van der Waals surface area (Å²) >= 11 is 6.58. The summed E-state index contributed by atoms with van der Waals surface area (Å²) in [6, 6.07) is 0.267. The molecule has 4 nitrogen and oxygen atoms in total. The molecule has 1 saturated heterocycles. The second-order valence-electron chi connectivity index (χ2n) is 5.94. The minimum absolute atomic E-state index is 0.0667. The maximum Gasteiger partial charge on any atom is 0.337 e. The number of rotatable bonds is 3. The van der Waals surface area contributed by atoms with Gasteiger partial charge in [-0.25, -0.2) is 4.79 Å². The number of hydrogen-bond donors (Lipinski definition) is 0. The van der Waals surface area contributed by atoms with E-state index in [1.54, 1.807) is 7.11 Å². The van der Waals surface area contributed by atoms with E-state index >= 15 is 0 Å². The lowest BCUT2D eigenvalue weighted by Gasteiger charge is -2.36. The van der Waals surface area contributed by atoms with Gasteiger partial charge in [0.15, 0.2) is 0 Å². The van der Waals surface area contributed by atoms with Gasteiger partial charge in [0.25, 0.3) is 0 Å². The molecule has 5 heteroatoms. The summed E-state index contributed by atoms with van der Waals surface area (Å²) < 4.78 is 10.6. The van der Waals surface area contributed by atoms with Crippen LogP contribution in [0, 0.1) is 5.92 Å². The Balaban J connectivity index is 1.94. The van der Waals surface area contributed by atoms with Crippen molar-refractivity contribution >= 4 is 17.6 Å². The number of allylic oxidation sites excluding steroid dienone is 1. The molecule has 1 fully saturated rings. The van der Waals surface area contributed by atoms with Crippen LogP contribution in [0.1, 0.15) is 13.3 Å². The van der Waals surface area contributed by atoms with Crippen LogP contribution in [0.25, 0.3) is 0 Å². The number of ether oxygens (including phenoxy) is 2. The first-order chi connectivity index (χ1) is 10.6. The first-order valence-corrected chi connectivity index (χ1v) is 8.27. The number of methoxy groups -OCH3 is 1. The van der Waals surface area contributed by atoms with Crippen molar-refractivity contribution in [3.8, 4) is 0 Å². The van der Waals surface area contributed by atoms with E-state index in [-0.39, 0.29) is 23.5 Å². The average Bonchev–Trinajstić information content (AvgIpc) is 2.91. The maximum absolute atomic E-state index is 12.1. The summed E-state index contributed by atoms with van der Waals surface area (Å²) in [6.07, 6.45) is 9.07. The molecule has 1 aliphatic carbocycles. The topological polar surface area (TPSA) is 38.8 Å². The lowest BCUT2D eigenvalue weighted by atomic mass is 9.83. The fourth-order valence-corrected chi connectivity index (χ4v) is 3.90. The van der Waals surface area contributed by atoms with E-state index < -0.39 is 0 Å². The smallest absolute Gasteiger partial charge is 0.337 e. The molecule has 2 heterocycles. The zero-order chi connectivity index (χ0) is 15.7. The molecule has 0 saturated carbocycles. The van der Waals surface area contributed by atoms with Gasteiger partial charge in [-0.05, 0) is 37.5 Å². The largest absolute Gasteiger partial charge is 0.462 e. The summed E-state index contributed by atoms with van der Waals surface area (Å²) in [7, 11) is 1.73. The molecule has 3 aliphatic rings. The number of nitrogens with zero attached hydrogens (tertiary/aromatic N) is 1. The fourth-order valence-electron chi connectivity index (χ4n) is 3.63. The molecule has 0 amide bonds. The van der Waals surface area contributed by atoms with Gasteiger partial charge < -0.3 is 9.47 Å². The van der Waals surface area contributed by atoms with Crippen LogP contribution in [-0.2, 0) is 14.3 Å². The van der Waals surface area contributed by atoms with Gasteiger partial charge in [0.05, 0.1) is 23.7 Å². The van der Waals surface area contributed by atoms with E-state index in [0.29, 0.717) is 18.1 Å². The standard InChI is InChI=1S/C17H22ClNO3/c1-3-22-17(20)12-8-11-6-7-19-10-13(21-2)4-5-15(18)14(9-12)16(11)19/h4-5,8-9,11,13,15-16H,3,6-7,10H2,1-2H3. The summed E-state index contributed by atoms with van der Waals surface area (Å²) in [5.74, 6) is 0.0706. The SMILES string of the molecule is CCOC(=O)C1=CC2CCN3CC(OC)C=CC(Cl)C(=C1)C23. The molecule has 0 aromatic carbocycles. The van der Waals surface area contributed by atoms with Gasteiger partial charge >= 0.3 is 5.97 Å². The molecule has 3 rings (SSSR count). The van der Waals surface area contributed by atoms with Crippen molar-refractivity contribution in [1.82, 2.24) is 4.90 Å². The van der Waals surface area contributed by atoms with Gasteiger partial charge in [-0.3, -0.25) is 4.90 Å². The number of hydrogen-bond acceptors (Lipinski definition) is 4. The van der Waals surface area contributed by atoms with E-state index in [0.717, 1.165) is 25.1 Å². The number of carbonyl (C=O) groups excluding carboxylic acids is 1. The van der Waals surface area contributed by atoms with Crippen LogP contribution in [0.4, 0.5) is 0 Å². The first kappa shape index (κ1) is 15.8. The van der Waals surface area contributed by atoms with E-state index in [1.165, 1.54) is 0 Å². The third kappa shape index (κ3) is 2.87. The quantitative estimate of drug-likeness (QED) is 0.454. The van der Waals surface area contributed by atoms with Crippen LogP contribution >= 0.6 is 11.6 Å². The Morgan fingerprint density at radius 1 is 1.45 bits per heavy atom. The Hall–Kier alpha value is -1.10. The van der Waals surface area contributed by atoms with Crippen LogP contribution in [0.2, 0.25) is 0 Å². The van der Waals surface area contributed by atoms with Crippen LogP contribution in [0.5, 0.6) is 0 Å². The lowest BCUT2D eigenvalue weighted by Crippen LogP contribution is -2.43. The first-order valence-electron chi connectivity index (χ1n) is 7.83. The monoisotopic (exact) mass is 323 g/mol. The van der Waals surface area contributed by atoms with Gasteiger partial charge in [0, 0.05) is 19.7 Å². The van der Waals surface area contributed by atoms with Gasteiger partial charge in [-0.15, -0.1) is 11.6 Å². The third-order valence-electron chi connectivity index (χ3n) is 4.65. The highest BCUT2D eigenvalue weighted by Crippen LogP contribution is 2.39. The molecule has 0 spiro atoms. The third-order valence-corrected chi connectivity index (χ3v) is 5.04. The number of carbonyl (C=O) groups is 1. The minimum atomic E-state index is -0.253. The van der Waals surface area contributed by atoms with Gasteiger partial charge in [0.1, 0.15) is 0 Å². The van der Waals surface area contributed by atoms with Crippen molar-refractivity contribution < 1.29 is 14.3 Å². The van der Waals surface area contributed by atoms with E-state index in [2.05, 4.69) is 11.0 Å². The summed E-state index contributed by atoms with van der Waals surface area (Å²) in [6.45, 7) is 4.07. The molecule has 0 aromatic rings. The number of esters is 1. The molecule has 0 aromatic heterocycles. The van der Waals surface area contributed by atoms with Crippen molar-refractivity contribution in [3.63, 3.8) is 0 Å². The fraction of sp³-hybridized carbons (Fsp3) is 0.588. The lowest BCUT2D eigenvalue weighted by molar-refractivity contribution is -0.138. The van der Waals surface area contributed by atoms with Crippen molar-refractivity contribution in [3.05, 3.63) is 35.5 Å². The summed E-state index contributed by atoms with van der Waals surface area (Å²) in [4.78, 5) is 14.5. The number of halogens is 1. The van der Waals surface area contributed by atoms with Crippen molar-refractivity contribution in [1.29, 1.82) is 0 Å².